The van der Waals surface area contributed by atoms with Gasteiger partial charge in [0.25, 0.3) is 0 Å². The maximum atomic E-state index is 5.59. The molecule has 0 radical (unpaired) electrons. The number of anilines is 1. The predicted octanol–water partition coefficient (Wildman–Crippen LogP) is 3.47. The van der Waals surface area contributed by atoms with Crippen LogP contribution in [0.2, 0.25) is 0 Å². The Morgan fingerprint density at radius 1 is 1.00 bits per heavy atom. The molecule has 4 heteroatoms. The summed E-state index contributed by atoms with van der Waals surface area (Å²) in [5.74, 6) is 2.54. The van der Waals surface area contributed by atoms with Gasteiger partial charge in [-0.15, -0.1) is 0 Å². The summed E-state index contributed by atoms with van der Waals surface area (Å²) in [6, 6.07) is 14.0. The SMILES string of the molecule is CCOc1ccc(NCc2ccc3c(c2)OCCO3)cc1. The molecule has 110 valence electrons. The summed E-state index contributed by atoms with van der Waals surface area (Å²) in [7, 11) is 0. The van der Waals surface area contributed by atoms with Gasteiger partial charge in [0.2, 0.25) is 0 Å². The predicted molar refractivity (Wildman–Crippen MR) is 82.4 cm³/mol. The fourth-order valence-corrected chi connectivity index (χ4v) is 2.24. The number of nitrogens with one attached hydrogen (secondary N) is 1. The maximum absolute atomic E-state index is 5.59. The van der Waals surface area contributed by atoms with Gasteiger partial charge in [-0.3, -0.25) is 0 Å². The molecule has 0 aliphatic carbocycles. The van der Waals surface area contributed by atoms with Crippen molar-refractivity contribution in [3.8, 4) is 17.2 Å². The Morgan fingerprint density at radius 3 is 2.52 bits per heavy atom. The quantitative estimate of drug-likeness (QED) is 0.913. The largest absolute Gasteiger partial charge is 0.494 e. The highest BCUT2D eigenvalue weighted by Crippen LogP contribution is 2.31. The highest BCUT2D eigenvalue weighted by Gasteiger charge is 2.11. The van der Waals surface area contributed by atoms with E-state index in [0.717, 1.165) is 35.0 Å². The van der Waals surface area contributed by atoms with Crippen molar-refractivity contribution in [1.82, 2.24) is 0 Å². The molecule has 1 N–H and O–H groups in total. The summed E-state index contributed by atoms with van der Waals surface area (Å²) >= 11 is 0. The van der Waals surface area contributed by atoms with Crippen molar-refractivity contribution in [2.45, 2.75) is 13.5 Å². The lowest BCUT2D eigenvalue weighted by Crippen LogP contribution is -2.15. The van der Waals surface area contributed by atoms with Gasteiger partial charge < -0.3 is 19.5 Å². The number of benzene rings is 2. The molecule has 0 atom stereocenters. The molecule has 4 nitrogen and oxygen atoms in total. The highest BCUT2D eigenvalue weighted by atomic mass is 16.6. The summed E-state index contributed by atoms with van der Waals surface area (Å²) in [4.78, 5) is 0. The minimum atomic E-state index is 0.614. The average molecular weight is 285 g/mol. The van der Waals surface area contributed by atoms with Crippen molar-refractivity contribution < 1.29 is 14.2 Å². The molecule has 2 aromatic carbocycles. The number of hydrogen-bond donors (Lipinski definition) is 1. The van der Waals surface area contributed by atoms with Crippen LogP contribution in [0.5, 0.6) is 17.2 Å². The molecule has 0 aromatic heterocycles. The summed E-state index contributed by atoms with van der Waals surface area (Å²) < 4.78 is 16.5. The summed E-state index contributed by atoms with van der Waals surface area (Å²) in [6.07, 6.45) is 0. The zero-order valence-corrected chi connectivity index (χ0v) is 12.1. The number of hydrogen-bond acceptors (Lipinski definition) is 4. The third kappa shape index (κ3) is 3.40. The molecule has 1 aliphatic rings. The lowest BCUT2D eigenvalue weighted by molar-refractivity contribution is 0.171. The number of ether oxygens (including phenoxy) is 3. The monoisotopic (exact) mass is 285 g/mol. The number of fused-ring (bicyclic) bond motifs is 1. The van der Waals surface area contributed by atoms with E-state index in [4.69, 9.17) is 14.2 Å². The molecule has 1 aliphatic heterocycles. The van der Waals surface area contributed by atoms with Crippen LogP contribution in [0.4, 0.5) is 5.69 Å². The van der Waals surface area contributed by atoms with Crippen LogP contribution in [0.3, 0.4) is 0 Å². The first-order valence-electron chi connectivity index (χ1n) is 7.20. The summed E-state index contributed by atoms with van der Waals surface area (Å²) in [5.41, 5.74) is 2.22. The second kappa shape index (κ2) is 6.39. The smallest absolute Gasteiger partial charge is 0.161 e. The molecule has 0 saturated heterocycles. The van der Waals surface area contributed by atoms with Crippen LogP contribution in [0.1, 0.15) is 12.5 Å². The van der Waals surface area contributed by atoms with E-state index in [1.165, 1.54) is 0 Å². The molecular weight excluding hydrogens is 266 g/mol. The molecule has 2 aromatic rings. The standard InChI is InChI=1S/C17H19NO3/c1-2-19-15-6-4-14(5-7-15)18-12-13-3-8-16-17(11-13)21-10-9-20-16/h3-8,11,18H,2,9-10,12H2,1H3. The Labute approximate surface area is 124 Å². The fraction of sp³-hybridized carbons (Fsp3) is 0.294. The fourth-order valence-electron chi connectivity index (χ4n) is 2.24. The Balaban J connectivity index is 1.61. The van der Waals surface area contributed by atoms with Crippen LogP contribution in [0, 0.1) is 0 Å². The third-order valence-electron chi connectivity index (χ3n) is 3.27. The van der Waals surface area contributed by atoms with Crippen molar-refractivity contribution in [2.75, 3.05) is 25.1 Å². The van der Waals surface area contributed by atoms with Crippen LogP contribution < -0.4 is 19.5 Å². The molecule has 0 fully saturated rings. The van der Waals surface area contributed by atoms with Crippen LogP contribution in [0.15, 0.2) is 42.5 Å². The second-order valence-electron chi connectivity index (χ2n) is 4.79. The zero-order valence-electron chi connectivity index (χ0n) is 12.1. The van der Waals surface area contributed by atoms with E-state index >= 15 is 0 Å². The van der Waals surface area contributed by atoms with E-state index < -0.39 is 0 Å². The maximum Gasteiger partial charge on any atom is 0.161 e. The van der Waals surface area contributed by atoms with Crippen molar-refractivity contribution in [3.63, 3.8) is 0 Å². The van der Waals surface area contributed by atoms with Gasteiger partial charge in [-0.05, 0) is 48.9 Å². The van der Waals surface area contributed by atoms with Gasteiger partial charge >= 0.3 is 0 Å². The van der Waals surface area contributed by atoms with Gasteiger partial charge in [0.15, 0.2) is 11.5 Å². The van der Waals surface area contributed by atoms with Gasteiger partial charge in [-0.2, -0.15) is 0 Å². The van der Waals surface area contributed by atoms with E-state index in [1.54, 1.807) is 0 Å². The lowest BCUT2D eigenvalue weighted by atomic mass is 10.2. The van der Waals surface area contributed by atoms with E-state index in [-0.39, 0.29) is 0 Å². The molecule has 0 saturated carbocycles. The summed E-state index contributed by atoms with van der Waals surface area (Å²) in [6.45, 7) is 4.64. The molecular formula is C17H19NO3. The first kappa shape index (κ1) is 13.6. The Hall–Kier alpha value is -2.36. The number of rotatable bonds is 5. The highest BCUT2D eigenvalue weighted by molar-refractivity contribution is 5.48. The van der Waals surface area contributed by atoms with E-state index in [2.05, 4.69) is 11.4 Å². The first-order valence-corrected chi connectivity index (χ1v) is 7.20. The van der Waals surface area contributed by atoms with E-state index in [1.807, 2.05) is 43.3 Å². The molecule has 0 amide bonds. The van der Waals surface area contributed by atoms with E-state index in [0.29, 0.717) is 19.8 Å². The molecule has 0 unspecified atom stereocenters. The Morgan fingerprint density at radius 2 is 1.76 bits per heavy atom. The van der Waals surface area contributed by atoms with Gasteiger partial charge in [0.1, 0.15) is 19.0 Å². The average Bonchev–Trinajstić information content (AvgIpc) is 2.54. The minimum Gasteiger partial charge on any atom is -0.494 e. The Kier molecular flexibility index (Phi) is 4.15. The lowest BCUT2D eigenvalue weighted by Gasteiger charge is -2.19. The van der Waals surface area contributed by atoms with Crippen LogP contribution in [-0.2, 0) is 6.54 Å². The van der Waals surface area contributed by atoms with Gasteiger partial charge in [0.05, 0.1) is 6.61 Å². The van der Waals surface area contributed by atoms with Crippen molar-refractivity contribution in [3.05, 3.63) is 48.0 Å². The van der Waals surface area contributed by atoms with Crippen molar-refractivity contribution in [2.24, 2.45) is 0 Å². The summed E-state index contributed by atoms with van der Waals surface area (Å²) in [5, 5.41) is 3.39. The molecule has 1 heterocycles. The third-order valence-corrected chi connectivity index (χ3v) is 3.27. The minimum absolute atomic E-state index is 0.614. The van der Waals surface area contributed by atoms with E-state index in [9.17, 15) is 0 Å². The van der Waals surface area contributed by atoms with Crippen LogP contribution in [-0.4, -0.2) is 19.8 Å². The van der Waals surface area contributed by atoms with Crippen LogP contribution >= 0.6 is 0 Å². The Bertz CT molecular complexity index is 595. The second-order valence-corrected chi connectivity index (χ2v) is 4.79. The first-order chi connectivity index (χ1) is 10.3. The van der Waals surface area contributed by atoms with Gasteiger partial charge in [0, 0.05) is 12.2 Å². The topological polar surface area (TPSA) is 39.7 Å². The van der Waals surface area contributed by atoms with Gasteiger partial charge in [-0.25, -0.2) is 0 Å². The van der Waals surface area contributed by atoms with Crippen molar-refractivity contribution >= 4 is 5.69 Å². The van der Waals surface area contributed by atoms with Gasteiger partial charge in [-0.1, -0.05) is 6.07 Å². The molecule has 3 rings (SSSR count). The molecule has 21 heavy (non-hydrogen) atoms. The normalized spacial score (nSPS) is 12.8. The zero-order chi connectivity index (χ0) is 14.5. The molecule has 0 spiro atoms. The molecule has 0 bridgehead atoms. The van der Waals surface area contributed by atoms with Crippen LogP contribution in [0.25, 0.3) is 0 Å². The van der Waals surface area contributed by atoms with Crippen molar-refractivity contribution in [1.29, 1.82) is 0 Å².